The molecular weight excluding hydrogens is 606 g/mol. The number of ether oxygens (including phenoxy) is 4. The fourth-order valence-electron chi connectivity index (χ4n) is 4.40. The molecule has 258 valence electrons. The first-order chi connectivity index (χ1) is 22.4. The monoisotopic (exact) mass is 655 g/mol. The zero-order chi connectivity index (χ0) is 34.8. The van der Waals surface area contributed by atoms with Crippen LogP contribution in [0.15, 0.2) is 54.6 Å². The Balaban J connectivity index is 2.27. The molecule has 0 aliphatic carbocycles. The highest BCUT2D eigenvalue weighted by molar-refractivity contribution is 5.98. The predicted molar refractivity (Wildman–Crippen MR) is 176 cm³/mol. The summed E-state index contributed by atoms with van der Waals surface area (Å²) in [7, 11) is 0. The molecule has 0 saturated heterocycles. The lowest BCUT2D eigenvalue weighted by molar-refractivity contribution is -0.166. The molecule has 2 atom stereocenters. The average Bonchev–Trinajstić information content (AvgIpc) is 3.01. The summed E-state index contributed by atoms with van der Waals surface area (Å²) < 4.78 is 20.9. The van der Waals surface area contributed by atoms with Crippen molar-refractivity contribution in [1.29, 1.82) is 0 Å². The molecule has 12 heteroatoms. The van der Waals surface area contributed by atoms with Crippen LogP contribution in [0.5, 0.6) is 5.75 Å². The molecule has 0 bridgehead atoms. The van der Waals surface area contributed by atoms with Crippen molar-refractivity contribution in [2.24, 2.45) is 0 Å². The SMILES string of the molecule is CCCCCNC(=O)[C@H](Cc1ccc(OC(C(=O)OCC)C(=O)OCC)cc1)NC(=O)[C@H](Cc1ccccc1)NC(=O)OC(C)(C)C. The van der Waals surface area contributed by atoms with Crippen LogP contribution in [-0.4, -0.2) is 73.4 Å². The zero-order valence-electron chi connectivity index (χ0n) is 28.3. The van der Waals surface area contributed by atoms with Crippen molar-refractivity contribution in [3.8, 4) is 5.75 Å². The third-order valence-corrected chi connectivity index (χ3v) is 6.62. The number of hydrogen-bond donors (Lipinski definition) is 3. The van der Waals surface area contributed by atoms with E-state index in [0.29, 0.717) is 12.1 Å². The van der Waals surface area contributed by atoms with Crippen molar-refractivity contribution in [1.82, 2.24) is 16.0 Å². The largest absolute Gasteiger partial charge is 0.467 e. The fourth-order valence-corrected chi connectivity index (χ4v) is 4.40. The molecule has 0 radical (unpaired) electrons. The van der Waals surface area contributed by atoms with Crippen molar-refractivity contribution in [3.63, 3.8) is 0 Å². The number of amides is 3. The Labute approximate surface area is 277 Å². The van der Waals surface area contributed by atoms with Crippen molar-refractivity contribution in [2.45, 2.75) is 97.4 Å². The van der Waals surface area contributed by atoms with E-state index in [0.717, 1.165) is 24.8 Å². The van der Waals surface area contributed by atoms with Gasteiger partial charge in [-0.1, -0.05) is 62.2 Å². The predicted octanol–water partition coefficient (Wildman–Crippen LogP) is 4.03. The molecule has 0 aliphatic rings. The topological polar surface area (TPSA) is 158 Å². The van der Waals surface area contributed by atoms with Gasteiger partial charge in [-0.05, 0) is 64.3 Å². The smallest absolute Gasteiger partial charge is 0.408 e. The van der Waals surface area contributed by atoms with E-state index in [1.165, 1.54) is 0 Å². The lowest BCUT2D eigenvalue weighted by Crippen LogP contribution is -2.55. The lowest BCUT2D eigenvalue weighted by atomic mass is 10.0. The second kappa shape index (κ2) is 19.8. The van der Waals surface area contributed by atoms with Gasteiger partial charge in [0.25, 0.3) is 6.10 Å². The highest BCUT2D eigenvalue weighted by Crippen LogP contribution is 2.17. The van der Waals surface area contributed by atoms with Crippen LogP contribution in [0.1, 0.15) is 71.9 Å². The van der Waals surface area contributed by atoms with E-state index in [2.05, 4.69) is 22.9 Å². The molecule has 2 aromatic rings. The number of rotatable bonds is 18. The van der Waals surface area contributed by atoms with Crippen LogP contribution in [0.3, 0.4) is 0 Å². The minimum atomic E-state index is -1.60. The van der Waals surface area contributed by atoms with Gasteiger partial charge in [0, 0.05) is 19.4 Å². The number of carbonyl (C=O) groups excluding carboxylic acids is 5. The second-order valence-electron chi connectivity index (χ2n) is 11.8. The highest BCUT2D eigenvalue weighted by Gasteiger charge is 2.32. The average molecular weight is 656 g/mol. The van der Waals surface area contributed by atoms with Gasteiger partial charge in [-0.3, -0.25) is 9.59 Å². The second-order valence-corrected chi connectivity index (χ2v) is 11.8. The summed E-state index contributed by atoms with van der Waals surface area (Å²) in [6.45, 7) is 11.0. The Morgan fingerprint density at radius 2 is 1.26 bits per heavy atom. The number of carbonyl (C=O) groups is 5. The number of nitrogens with one attached hydrogen (secondary N) is 3. The number of hydrogen-bond acceptors (Lipinski definition) is 9. The van der Waals surface area contributed by atoms with Crippen LogP contribution in [0.2, 0.25) is 0 Å². The Bertz CT molecular complexity index is 1280. The first-order valence-corrected chi connectivity index (χ1v) is 16.1. The molecule has 0 aromatic heterocycles. The first kappa shape index (κ1) is 38.6. The van der Waals surface area contributed by atoms with Gasteiger partial charge >= 0.3 is 18.0 Å². The maximum atomic E-state index is 13.7. The van der Waals surface area contributed by atoms with Gasteiger partial charge in [-0.2, -0.15) is 0 Å². The molecule has 0 aliphatic heterocycles. The Morgan fingerprint density at radius 3 is 1.79 bits per heavy atom. The summed E-state index contributed by atoms with van der Waals surface area (Å²) in [5.74, 6) is -2.48. The normalized spacial score (nSPS) is 12.3. The van der Waals surface area contributed by atoms with Gasteiger partial charge in [0.15, 0.2) is 0 Å². The van der Waals surface area contributed by atoms with Crippen molar-refractivity contribution >= 4 is 29.8 Å². The molecule has 0 fully saturated rings. The van der Waals surface area contributed by atoms with E-state index in [-0.39, 0.29) is 37.7 Å². The fraction of sp³-hybridized carbons (Fsp3) is 0.514. The van der Waals surface area contributed by atoms with Gasteiger partial charge in [0.05, 0.1) is 13.2 Å². The standard InChI is InChI=1S/C35H49N3O9/c1-7-10-14-21-36-30(39)27(23-25-17-19-26(20-18-25)46-29(32(41)44-8-2)33(42)45-9-3)37-31(40)28(22-24-15-12-11-13-16-24)38-34(43)47-35(4,5)6/h11-13,15-20,27-29H,7-10,14,21-23H2,1-6H3,(H,36,39)(H,37,40)(H,38,43)/t27-,28-/m0/s1. The van der Waals surface area contributed by atoms with Crippen LogP contribution in [0.4, 0.5) is 4.79 Å². The molecule has 47 heavy (non-hydrogen) atoms. The Kier molecular flexibility index (Phi) is 16.3. The summed E-state index contributed by atoms with van der Waals surface area (Å²) >= 11 is 0. The number of benzene rings is 2. The third kappa shape index (κ3) is 14.6. The van der Waals surface area contributed by atoms with E-state index in [1.807, 2.05) is 30.3 Å². The molecule has 0 spiro atoms. The zero-order valence-corrected chi connectivity index (χ0v) is 28.3. The van der Waals surface area contributed by atoms with E-state index >= 15 is 0 Å². The van der Waals surface area contributed by atoms with Crippen LogP contribution in [0.25, 0.3) is 0 Å². The molecule has 0 saturated carbocycles. The molecule has 3 N–H and O–H groups in total. The molecule has 0 heterocycles. The minimum absolute atomic E-state index is 0.0597. The first-order valence-electron chi connectivity index (χ1n) is 16.1. The van der Waals surface area contributed by atoms with E-state index in [4.69, 9.17) is 18.9 Å². The summed E-state index contributed by atoms with van der Waals surface area (Å²) in [5.41, 5.74) is 0.695. The summed E-state index contributed by atoms with van der Waals surface area (Å²) in [5, 5.41) is 8.38. The van der Waals surface area contributed by atoms with Crippen LogP contribution in [0, 0.1) is 0 Å². The minimum Gasteiger partial charge on any atom is -0.467 e. The number of unbranched alkanes of at least 4 members (excludes halogenated alkanes) is 2. The van der Waals surface area contributed by atoms with Gasteiger partial charge < -0.3 is 34.9 Å². The maximum absolute atomic E-state index is 13.7. The quantitative estimate of drug-likeness (QED) is 0.0933. The molecule has 2 rings (SSSR count). The van der Waals surface area contributed by atoms with Gasteiger partial charge in [0.1, 0.15) is 23.4 Å². The number of esters is 2. The maximum Gasteiger partial charge on any atom is 0.408 e. The van der Waals surface area contributed by atoms with E-state index < -0.39 is 47.7 Å². The molecule has 0 unspecified atom stereocenters. The van der Waals surface area contributed by atoms with Crippen LogP contribution in [-0.2, 0) is 46.2 Å². The summed E-state index contributed by atoms with van der Waals surface area (Å²) in [6.07, 6.45) is 0.633. The van der Waals surface area contributed by atoms with Crippen LogP contribution >= 0.6 is 0 Å². The van der Waals surface area contributed by atoms with E-state index in [1.54, 1.807) is 58.9 Å². The molecule has 12 nitrogen and oxygen atoms in total. The lowest BCUT2D eigenvalue weighted by Gasteiger charge is -2.25. The van der Waals surface area contributed by atoms with Crippen LogP contribution < -0.4 is 20.7 Å². The number of alkyl carbamates (subject to hydrolysis) is 1. The highest BCUT2D eigenvalue weighted by atomic mass is 16.6. The van der Waals surface area contributed by atoms with Crippen molar-refractivity contribution in [2.75, 3.05) is 19.8 Å². The molecule has 2 aromatic carbocycles. The third-order valence-electron chi connectivity index (χ3n) is 6.62. The Morgan fingerprint density at radius 1 is 0.702 bits per heavy atom. The molecular formula is C35H49N3O9. The van der Waals surface area contributed by atoms with E-state index in [9.17, 15) is 24.0 Å². The summed E-state index contributed by atoms with van der Waals surface area (Å²) in [6, 6.07) is 13.6. The van der Waals surface area contributed by atoms with Gasteiger partial charge in [-0.25, -0.2) is 14.4 Å². The summed E-state index contributed by atoms with van der Waals surface area (Å²) in [4.78, 5) is 64.3. The van der Waals surface area contributed by atoms with Crippen molar-refractivity contribution in [3.05, 3.63) is 65.7 Å². The van der Waals surface area contributed by atoms with Gasteiger partial charge in [-0.15, -0.1) is 0 Å². The Hall–Kier alpha value is -4.61. The van der Waals surface area contributed by atoms with Crippen molar-refractivity contribution < 1.29 is 42.9 Å². The van der Waals surface area contributed by atoms with Gasteiger partial charge in [0.2, 0.25) is 11.8 Å². The molecule has 3 amide bonds.